The van der Waals surface area contributed by atoms with Gasteiger partial charge in [0.2, 0.25) is 0 Å². The number of hydrogen-bond donors (Lipinski definition) is 12. The van der Waals surface area contributed by atoms with Crippen molar-refractivity contribution in [3.63, 3.8) is 0 Å². The molecule has 0 aromatic rings. The van der Waals surface area contributed by atoms with Crippen LogP contribution in [0, 0.1) is 21.7 Å². The van der Waals surface area contributed by atoms with Crippen molar-refractivity contribution in [3.8, 4) is 0 Å². The van der Waals surface area contributed by atoms with E-state index in [0.717, 1.165) is 24.3 Å². The molecule has 12 N–H and O–H groups in total. The van der Waals surface area contributed by atoms with E-state index >= 15 is 19.2 Å². The van der Waals surface area contributed by atoms with E-state index in [0.29, 0.717) is 0 Å². The number of hydrogen-bond acceptors (Lipinski definition) is 24. The molecule has 0 aliphatic carbocycles. The summed E-state index contributed by atoms with van der Waals surface area (Å²) < 4.78 is 47.9. The fourth-order valence-electron chi connectivity index (χ4n) is 9.19. The van der Waals surface area contributed by atoms with E-state index in [2.05, 4.69) is 26.3 Å². The molecule has 24 nitrogen and oxygen atoms in total. The van der Waals surface area contributed by atoms with Gasteiger partial charge in [0.05, 0.1) is 0 Å². The molecule has 8 atom stereocenters. The van der Waals surface area contributed by atoms with Gasteiger partial charge in [-0.2, -0.15) is 0 Å². The number of carbonyl (C=O) groups excluding carboxylic acids is 4. The third-order valence-electron chi connectivity index (χ3n) is 12.9. The van der Waals surface area contributed by atoms with Gasteiger partial charge in [0.1, 0.15) is 0 Å². The van der Waals surface area contributed by atoms with Crippen molar-refractivity contribution in [3.05, 3.63) is 50.6 Å². The minimum atomic E-state index is -8.37. The fraction of sp³-hybridized carbons (Fsp3) is 0.786. The zero-order valence-corrected chi connectivity index (χ0v) is 52.3. The van der Waals surface area contributed by atoms with Gasteiger partial charge in [-0.1, -0.05) is 0 Å². The van der Waals surface area contributed by atoms with Gasteiger partial charge in [-0.25, -0.2) is 0 Å². The molecule has 25 heteroatoms. The predicted octanol–water partition coefficient (Wildman–Crippen LogP) is 3.29. The minimum absolute atomic E-state index is 0.560. The summed E-state index contributed by atoms with van der Waals surface area (Å²) in [5, 5.41) is 143. The van der Waals surface area contributed by atoms with E-state index in [1.165, 1.54) is 111 Å². The van der Waals surface area contributed by atoms with Crippen molar-refractivity contribution in [1.82, 2.24) is 0 Å². The summed E-state index contributed by atoms with van der Waals surface area (Å²) in [5.74, 6) is -24.3. The van der Waals surface area contributed by atoms with E-state index < -0.39 is 211 Å². The van der Waals surface area contributed by atoms with Crippen LogP contribution in [0.15, 0.2) is 50.6 Å². The topological polar surface area (TPSA) is 385 Å². The molecule has 0 aliphatic rings. The van der Waals surface area contributed by atoms with E-state index in [-0.39, 0.29) is 0 Å². The first-order valence-corrected chi connectivity index (χ1v) is 29.5. The second-order valence-corrected chi connectivity index (χ2v) is 28.2. The van der Waals surface area contributed by atoms with Crippen molar-refractivity contribution in [2.45, 2.75) is 232 Å². The molecular formula is C56H100O24Ti. The molecule has 0 heterocycles. The quantitative estimate of drug-likeness (QED) is 0.0243. The van der Waals surface area contributed by atoms with Crippen molar-refractivity contribution in [2.24, 2.45) is 21.7 Å². The average Bonchev–Trinajstić information content (AvgIpc) is 3.33. The first-order chi connectivity index (χ1) is 36.5. The fourth-order valence-corrected chi connectivity index (χ4v) is 12.0. The molecule has 0 fully saturated rings. The number of aliphatic hydroxyl groups excluding tert-OH is 4. The molecule has 0 amide bonds. The first-order valence-electron chi connectivity index (χ1n) is 27.0. The maximum atomic E-state index is 16.0. The van der Waals surface area contributed by atoms with Crippen molar-refractivity contribution >= 4 is 23.9 Å². The Bertz CT molecular complexity index is 1800. The van der Waals surface area contributed by atoms with E-state index in [1.807, 2.05) is 0 Å². The van der Waals surface area contributed by atoms with Gasteiger partial charge in [0.25, 0.3) is 0 Å². The van der Waals surface area contributed by atoms with Crippen LogP contribution in [0.25, 0.3) is 0 Å². The number of aliphatic hydroxyl groups is 12. The SMILES string of the molecule is C=CCOC(CC(C)(C)C)(C(=O)[O][Ti]([O]C(=O)C(CC(C)(C)C)(OCC=C)C(O)(O)C(O)CC)([O]C(=O)C(CC(C)(C)C)(OCC=C)C(O)(O)C(O)CC)[O]C(=O)C(CC(C)(C)C)(OCC=C)C(O)(O)C(O)CC)C(O)(O)C(O)CC. The predicted molar refractivity (Wildman–Crippen MR) is 290 cm³/mol. The van der Waals surface area contributed by atoms with Crippen LogP contribution in [0.5, 0.6) is 0 Å². The van der Waals surface area contributed by atoms with E-state index in [1.54, 1.807) is 0 Å². The molecule has 81 heavy (non-hydrogen) atoms. The summed E-state index contributed by atoms with van der Waals surface area (Å²) in [6, 6.07) is 0. The molecule has 0 radical (unpaired) electrons. The molecule has 0 aliphatic heterocycles. The second kappa shape index (κ2) is 29.3. The summed E-state index contributed by atoms with van der Waals surface area (Å²) in [7, 11) is 0. The molecule has 0 rings (SSSR count). The average molecular weight is 1210 g/mol. The zero-order valence-electron chi connectivity index (χ0n) is 50.7. The van der Waals surface area contributed by atoms with Gasteiger partial charge >= 0.3 is 486 Å². The Morgan fingerprint density at radius 1 is 0.358 bits per heavy atom. The van der Waals surface area contributed by atoms with Gasteiger partial charge in [-0.15, -0.1) is 0 Å². The molecule has 0 saturated heterocycles. The number of rotatable bonds is 36. The molecular weight excluding hydrogens is 1100 g/mol. The van der Waals surface area contributed by atoms with E-state index in [4.69, 9.17) is 32.2 Å². The van der Waals surface area contributed by atoms with Crippen LogP contribution in [0.3, 0.4) is 0 Å². The van der Waals surface area contributed by atoms with Crippen LogP contribution in [-0.4, -0.2) is 182 Å². The molecule has 472 valence electrons. The molecule has 0 spiro atoms. The molecule has 0 bridgehead atoms. The Kier molecular flexibility index (Phi) is 28.2. The van der Waals surface area contributed by atoms with Gasteiger partial charge in [0.15, 0.2) is 0 Å². The Morgan fingerprint density at radius 3 is 0.617 bits per heavy atom. The number of ether oxygens (including phenoxy) is 4. The van der Waals surface area contributed by atoms with Crippen LogP contribution in [0.2, 0.25) is 0 Å². The summed E-state index contributed by atoms with van der Waals surface area (Å²) in [5.41, 5.74) is -19.2. The van der Waals surface area contributed by atoms with E-state index in [9.17, 15) is 61.3 Å². The molecule has 8 unspecified atom stereocenters. The van der Waals surface area contributed by atoms with Crippen LogP contribution in [0.4, 0.5) is 0 Å². The van der Waals surface area contributed by atoms with Crippen molar-refractivity contribution in [2.75, 3.05) is 26.4 Å². The summed E-state index contributed by atoms with van der Waals surface area (Å²) >= 11 is -8.37. The normalized spacial score (nSPS) is 18.6. The summed E-state index contributed by atoms with van der Waals surface area (Å²) in [6.45, 7) is 33.5. The summed E-state index contributed by atoms with van der Waals surface area (Å²) in [4.78, 5) is 64.0. The Balaban J connectivity index is 10.8. The molecule has 0 saturated carbocycles. The van der Waals surface area contributed by atoms with Crippen LogP contribution in [0.1, 0.15) is 162 Å². The molecule has 0 aromatic heterocycles. The Labute approximate surface area is 483 Å². The second-order valence-electron chi connectivity index (χ2n) is 25.3. The van der Waals surface area contributed by atoms with Crippen molar-refractivity contribution < 1.29 is 131 Å². The van der Waals surface area contributed by atoms with Gasteiger partial charge < -0.3 is 0 Å². The first kappa shape index (κ1) is 77.9. The Morgan fingerprint density at radius 2 is 0.506 bits per heavy atom. The molecule has 0 aromatic carbocycles. The zero-order chi connectivity index (χ0) is 64.1. The number of carbonyl (C=O) groups is 4. The van der Waals surface area contributed by atoms with Crippen LogP contribution in [-0.2, 0) is 69.5 Å². The summed E-state index contributed by atoms with van der Waals surface area (Å²) in [6.07, 6.45) is -11.4. The van der Waals surface area contributed by atoms with Gasteiger partial charge in [0, 0.05) is 0 Å². The van der Waals surface area contributed by atoms with Crippen molar-refractivity contribution in [1.29, 1.82) is 0 Å². The van der Waals surface area contributed by atoms with Crippen LogP contribution >= 0.6 is 0 Å². The van der Waals surface area contributed by atoms with Gasteiger partial charge in [-0.05, 0) is 0 Å². The van der Waals surface area contributed by atoms with Crippen LogP contribution < -0.4 is 0 Å². The maximum absolute atomic E-state index is 16.0. The van der Waals surface area contributed by atoms with Gasteiger partial charge in [-0.3, -0.25) is 0 Å². The Hall–Kier alpha value is -3.09. The third kappa shape index (κ3) is 18.5. The third-order valence-corrected chi connectivity index (χ3v) is 15.6. The monoisotopic (exact) mass is 1200 g/mol. The standard InChI is InChI=1S/4C14H26O6.Ti/c4*1-6-8-20-13(11(16)17,9-12(3,4)5)14(18,19)10(15)7-2;/h4*6,10,15,18-19H,1,7-9H2,2-5H3,(H,16,17);/q;;;;+4/p-4.